The number of aliphatic hydroxyl groups is 1. The summed E-state index contributed by atoms with van der Waals surface area (Å²) in [5.74, 6) is -6.53. The molecule has 7 nitrogen and oxygen atoms in total. The van der Waals surface area contributed by atoms with Crippen molar-refractivity contribution in [2.75, 3.05) is 25.2 Å². The highest BCUT2D eigenvalue weighted by Gasteiger charge is 2.59. The minimum atomic E-state index is -5.32. The number of anilines is 1. The Labute approximate surface area is 229 Å². The quantitative estimate of drug-likeness (QED) is 0.348. The van der Waals surface area contributed by atoms with E-state index in [1.165, 1.54) is 37.4 Å². The molecule has 0 spiro atoms. The fourth-order valence-corrected chi connectivity index (χ4v) is 4.78. The van der Waals surface area contributed by atoms with E-state index in [1.807, 2.05) is 0 Å². The van der Waals surface area contributed by atoms with Crippen LogP contribution in [-0.4, -0.2) is 48.5 Å². The molecule has 212 valence electrons. The average Bonchev–Trinajstić information content (AvgIpc) is 2.88. The first-order valence-electron chi connectivity index (χ1n) is 11.6. The number of nitrogens with zero attached hydrogens (tertiary/aromatic N) is 1. The first-order chi connectivity index (χ1) is 18.6. The van der Waals surface area contributed by atoms with Gasteiger partial charge in [0, 0.05) is 18.0 Å². The van der Waals surface area contributed by atoms with E-state index in [9.17, 15) is 36.6 Å². The van der Waals surface area contributed by atoms with Crippen LogP contribution in [0.4, 0.5) is 27.6 Å². The molecular weight excluding hydrogens is 565 g/mol. The van der Waals surface area contributed by atoms with E-state index in [4.69, 9.17) is 26.2 Å². The molecule has 4 rings (SSSR count). The zero-order valence-electron chi connectivity index (χ0n) is 20.9. The molecule has 2 atom stereocenters. The van der Waals surface area contributed by atoms with Gasteiger partial charge in [0.15, 0.2) is 41.9 Å². The number of ether oxygens (including phenoxy) is 2. The molecule has 0 aromatic heterocycles. The molecule has 0 saturated heterocycles. The van der Waals surface area contributed by atoms with Crippen LogP contribution in [-0.2, 0) is 15.2 Å². The third-order valence-corrected chi connectivity index (χ3v) is 7.01. The smallest absolute Gasteiger partial charge is 0.422 e. The van der Waals surface area contributed by atoms with E-state index in [0.29, 0.717) is 17.2 Å². The van der Waals surface area contributed by atoms with Crippen molar-refractivity contribution in [2.45, 2.75) is 24.6 Å². The molecular formula is C27H21ClF5NO6. The molecule has 0 saturated carbocycles. The van der Waals surface area contributed by atoms with Crippen molar-refractivity contribution in [3.63, 3.8) is 0 Å². The van der Waals surface area contributed by atoms with Crippen LogP contribution in [0, 0.1) is 11.6 Å². The summed E-state index contributed by atoms with van der Waals surface area (Å²) in [5, 5.41) is 19.8. The molecule has 2 N–H and O–H groups in total. The fourth-order valence-electron chi connectivity index (χ4n) is 4.43. The number of hydrogen-bond acceptors (Lipinski definition) is 5. The van der Waals surface area contributed by atoms with Crippen molar-refractivity contribution < 1.29 is 51.2 Å². The normalized spacial score (nSPS) is 15.6. The lowest BCUT2D eigenvalue weighted by atomic mass is 9.77. The Morgan fingerprint density at radius 1 is 1.10 bits per heavy atom. The third-order valence-electron chi connectivity index (χ3n) is 6.68. The molecule has 13 heteroatoms. The van der Waals surface area contributed by atoms with Crippen molar-refractivity contribution in [3.8, 4) is 22.6 Å². The lowest BCUT2D eigenvalue weighted by Crippen LogP contribution is -2.47. The summed E-state index contributed by atoms with van der Waals surface area (Å²) in [5.41, 5.74) is -4.29. The summed E-state index contributed by atoms with van der Waals surface area (Å²) < 4.78 is 82.5. The van der Waals surface area contributed by atoms with Gasteiger partial charge in [0.2, 0.25) is 0 Å². The fraction of sp³-hybridized carbons (Fsp3) is 0.259. The number of carbonyl (C=O) groups excluding carboxylic acids is 1. The topological polar surface area (TPSA) is 96.3 Å². The van der Waals surface area contributed by atoms with Gasteiger partial charge in [0.25, 0.3) is 5.91 Å². The molecule has 2 unspecified atom stereocenters. The minimum Gasteiger partial charge on any atom is -0.479 e. The van der Waals surface area contributed by atoms with Crippen LogP contribution >= 0.6 is 11.6 Å². The molecule has 1 heterocycles. The Morgan fingerprint density at radius 3 is 2.38 bits per heavy atom. The predicted molar refractivity (Wildman–Crippen MR) is 134 cm³/mol. The van der Waals surface area contributed by atoms with E-state index in [2.05, 4.69) is 0 Å². The number of halogens is 6. The van der Waals surface area contributed by atoms with E-state index in [-0.39, 0.29) is 22.0 Å². The van der Waals surface area contributed by atoms with Crippen molar-refractivity contribution in [2.24, 2.45) is 0 Å². The maximum Gasteiger partial charge on any atom is 0.422 e. The maximum atomic E-state index is 14.9. The predicted octanol–water partition coefficient (Wildman–Crippen LogP) is 5.66. The minimum absolute atomic E-state index is 0.145. The molecule has 1 aliphatic heterocycles. The number of carboxylic acid groups (broad SMARTS) is 1. The van der Waals surface area contributed by atoms with Gasteiger partial charge < -0.3 is 24.6 Å². The lowest BCUT2D eigenvalue weighted by molar-refractivity contribution is -0.274. The SMILES string of the molecule is CC(c1ccc(-c2ccc(F)c(OCC(=O)O)c2)cc1Cl)C(O)(c1cc(F)c2c(c1)N(C)C(=O)CO2)C(F)(F)F. The van der Waals surface area contributed by atoms with E-state index < -0.39 is 65.7 Å². The van der Waals surface area contributed by atoms with Gasteiger partial charge in [-0.2, -0.15) is 13.2 Å². The molecule has 0 fully saturated rings. The summed E-state index contributed by atoms with van der Waals surface area (Å²) in [6.45, 7) is -0.233. The van der Waals surface area contributed by atoms with Crippen LogP contribution in [0.3, 0.4) is 0 Å². The summed E-state index contributed by atoms with van der Waals surface area (Å²) in [6.07, 6.45) is -5.32. The number of fused-ring (bicyclic) bond motifs is 1. The number of amides is 1. The number of alkyl halides is 3. The molecule has 3 aromatic carbocycles. The number of benzene rings is 3. The van der Waals surface area contributed by atoms with Crippen molar-refractivity contribution in [3.05, 3.63) is 76.3 Å². The molecule has 0 radical (unpaired) electrons. The van der Waals surface area contributed by atoms with Crippen molar-refractivity contribution in [1.82, 2.24) is 0 Å². The Morgan fingerprint density at radius 2 is 1.75 bits per heavy atom. The number of carbonyl (C=O) groups is 2. The number of aliphatic carboxylic acids is 1. The van der Waals surface area contributed by atoms with E-state index in [0.717, 1.165) is 24.0 Å². The van der Waals surface area contributed by atoms with E-state index >= 15 is 0 Å². The Balaban J connectivity index is 1.76. The monoisotopic (exact) mass is 585 g/mol. The molecule has 40 heavy (non-hydrogen) atoms. The summed E-state index contributed by atoms with van der Waals surface area (Å²) in [6, 6.07) is 8.80. The van der Waals surface area contributed by atoms with Gasteiger partial charge in [-0.3, -0.25) is 4.79 Å². The zero-order chi connectivity index (χ0) is 29.6. The second-order valence-corrected chi connectivity index (χ2v) is 9.50. The van der Waals surface area contributed by atoms with Gasteiger partial charge in [0.1, 0.15) is 0 Å². The first kappa shape index (κ1) is 29.1. The van der Waals surface area contributed by atoms with Gasteiger partial charge >= 0.3 is 12.1 Å². The highest BCUT2D eigenvalue weighted by molar-refractivity contribution is 6.31. The first-order valence-corrected chi connectivity index (χ1v) is 12.0. The van der Waals surface area contributed by atoms with Crippen LogP contribution in [0.15, 0.2) is 48.5 Å². The second-order valence-electron chi connectivity index (χ2n) is 9.10. The van der Waals surface area contributed by atoms with Gasteiger partial charge in [-0.15, -0.1) is 0 Å². The Kier molecular flexibility index (Phi) is 7.70. The van der Waals surface area contributed by atoms with Crippen molar-refractivity contribution >= 4 is 29.2 Å². The summed E-state index contributed by atoms with van der Waals surface area (Å²) >= 11 is 6.37. The molecule has 1 amide bonds. The van der Waals surface area contributed by atoms with Gasteiger partial charge in [-0.25, -0.2) is 13.6 Å². The molecule has 0 aliphatic carbocycles. The van der Waals surface area contributed by atoms with Crippen LogP contribution < -0.4 is 14.4 Å². The van der Waals surface area contributed by atoms with Crippen LogP contribution in [0.1, 0.15) is 24.0 Å². The van der Waals surface area contributed by atoms with E-state index in [1.54, 1.807) is 0 Å². The number of likely N-dealkylation sites (N-methyl/N-ethyl adjacent to an activating group) is 1. The lowest BCUT2D eigenvalue weighted by Gasteiger charge is -2.38. The number of hydrogen-bond donors (Lipinski definition) is 2. The number of rotatable bonds is 7. The molecule has 0 bridgehead atoms. The van der Waals surface area contributed by atoms with Gasteiger partial charge in [-0.05, 0) is 52.6 Å². The maximum absolute atomic E-state index is 14.9. The highest BCUT2D eigenvalue weighted by Crippen LogP contribution is 2.52. The van der Waals surface area contributed by atoms with Gasteiger partial charge in [0.05, 0.1) is 5.69 Å². The number of carboxylic acids is 1. The van der Waals surface area contributed by atoms with Crippen LogP contribution in [0.25, 0.3) is 11.1 Å². The zero-order valence-corrected chi connectivity index (χ0v) is 21.6. The molecule has 1 aliphatic rings. The largest absolute Gasteiger partial charge is 0.479 e. The molecule has 3 aromatic rings. The average molecular weight is 586 g/mol. The highest BCUT2D eigenvalue weighted by atomic mass is 35.5. The Bertz CT molecular complexity index is 1500. The van der Waals surface area contributed by atoms with Gasteiger partial charge in [-0.1, -0.05) is 36.7 Å². The second kappa shape index (κ2) is 10.6. The summed E-state index contributed by atoms with van der Waals surface area (Å²) in [4.78, 5) is 23.7. The standard InChI is InChI=1S/C27H21ClF5NO6/c1-13(17-5-3-14(7-18(17)28)15-4-6-19(29)22(8-15)39-12-24(36)37)26(38,27(31,32)33)16-9-20(30)25-21(10-16)34(2)23(35)11-40-25/h3-10,13,38H,11-12H2,1-2H3,(H,36,37). The third kappa shape index (κ3) is 5.16. The Hall–Kier alpha value is -3.90. The van der Waals surface area contributed by atoms with Crippen LogP contribution in [0.5, 0.6) is 11.5 Å². The summed E-state index contributed by atoms with van der Waals surface area (Å²) in [7, 11) is 1.24. The van der Waals surface area contributed by atoms with Crippen molar-refractivity contribution in [1.29, 1.82) is 0 Å². The van der Waals surface area contributed by atoms with Crippen LogP contribution in [0.2, 0.25) is 5.02 Å².